The standard InChI is InChI=1S/C15H12ClN5OS/c16-10-4-2-1-3-9(10)7-17-12-11-13(21-20-12)18-15(23-11)19-14(22)8-5-6-8/h1-4,7-8H,5-6H2,(H2,18,19,20,21,22). The number of nitrogens with one attached hydrogen (secondary N) is 2. The molecule has 8 heteroatoms. The van der Waals surface area contributed by atoms with Gasteiger partial charge < -0.3 is 5.32 Å². The van der Waals surface area contributed by atoms with Crippen molar-refractivity contribution in [2.75, 3.05) is 5.32 Å². The number of carbonyl (C=O) groups excluding carboxylic acids is 1. The Morgan fingerprint density at radius 1 is 1.43 bits per heavy atom. The van der Waals surface area contributed by atoms with Crippen molar-refractivity contribution >= 4 is 56.4 Å². The van der Waals surface area contributed by atoms with Crippen molar-refractivity contribution in [3.63, 3.8) is 0 Å². The lowest BCUT2D eigenvalue weighted by molar-refractivity contribution is -0.117. The quantitative estimate of drug-likeness (QED) is 0.706. The third-order valence-electron chi connectivity index (χ3n) is 3.51. The fourth-order valence-electron chi connectivity index (χ4n) is 2.11. The number of aliphatic imine (C=N–C) groups is 1. The zero-order valence-corrected chi connectivity index (χ0v) is 13.5. The van der Waals surface area contributed by atoms with E-state index in [1.54, 1.807) is 12.3 Å². The Morgan fingerprint density at radius 3 is 3.04 bits per heavy atom. The summed E-state index contributed by atoms with van der Waals surface area (Å²) in [5, 5.41) is 11.0. The molecule has 4 rings (SSSR count). The maximum absolute atomic E-state index is 11.8. The van der Waals surface area contributed by atoms with Crippen LogP contribution in [0.15, 0.2) is 29.3 Å². The van der Waals surface area contributed by atoms with E-state index in [1.807, 2.05) is 18.2 Å². The van der Waals surface area contributed by atoms with Crippen molar-refractivity contribution in [1.82, 2.24) is 15.2 Å². The second-order valence-corrected chi connectivity index (χ2v) is 6.69. The van der Waals surface area contributed by atoms with Crippen molar-refractivity contribution in [3.05, 3.63) is 34.9 Å². The maximum Gasteiger partial charge on any atom is 0.229 e. The van der Waals surface area contributed by atoms with E-state index in [-0.39, 0.29) is 11.8 Å². The molecule has 0 saturated heterocycles. The number of halogens is 1. The lowest BCUT2D eigenvalue weighted by Crippen LogP contribution is -2.12. The first-order valence-corrected chi connectivity index (χ1v) is 8.34. The van der Waals surface area contributed by atoms with Gasteiger partial charge in [0.1, 0.15) is 4.70 Å². The molecule has 1 aromatic carbocycles. The predicted molar refractivity (Wildman–Crippen MR) is 91.8 cm³/mol. The number of anilines is 1. The largest absolute Gasteiger partial charge is 0.302 e. The normalized spacial score (nSPS) is 14.7. The predicted octanol–water partition coefficient (Wildman–Crippen LogP) is 3.77. The van der Waals surface area contributed by atoms with Gasteiger partial charge in [-0.05, 0) is 18.9 Å². The van der Waals surface area contributed by atoms with Crippen LogP contribution in [-0.2, 0) is 4.79 Å². The molecule has 2 aromatic heterocycles. The molecule has 1 saturated carbocycles. The minimum absolute atomic E-state index is 0.0375. The maximum atomic E-state index is 11.8. The molecule has 1 aliphatic carbocycles. The summed E-state index contributed by atoms with van der Waals surface area (Å²) in [7, 11) is 0. The molecule has 1 aliphatic rings. The fraction of sp³-hybridized carbons (Fsp3) is 0.200. The lowest BCUT2D eigenvalue weighted by atomic mass is 10.2. The van der Waals surface area contributed by atoms with E-state index in [4.69, 9.17) is 11.6 Å². The van der Waals surface area contributed by atoms with Crippen molar-refractivity contribution < 1.29 is 4.79 Å². The van der Waals surface area contributed by atoms with Crippen LogP contribution in [0.5, 0.6) is 0 Å². The number of amides is 1. The highest BCUT2D eigenvalue weighted by atomic mass is 35.5. The van der Waals surface area contributed by atoms with Crippen LogP contribution in [0.3, 0.4) is 0 Å². The lowest BCUT2D eigenvalue weighted by Gasteiger charge is -1.97. The van der Waals surface area contributed by atoms with E-state index in [1.165, 1.54) is 11.3 Å². The molecule has 0 bridgehead atoms. The summed E-state index contributed by atoms with van der Waals surface area (Å²) < 4.78 is 0.805. The third-order valence-corrected chi connectivity index (χ3v) is 4.82. The summed E-state index contributed by atoms with van der Waals surface area (Å²) in [6.45, 7) is 0. The van der Waals surface area contributed by atoms with E-state index in [0.717, 1.165) is 23.1 Å². The molecule has 0 aliphatic heterocycles. The molecule has 0 radical (unpaired) electrons. The summed E-state index contributed by atoms with van der Waals surface area (Å²) in [6, 6.07) is 7.45. The molecule has 0 spiro atoms. The molecular weight excluding hydrogens is 334 g/mol. The van der Waals surface area contributed by atoms with E-state index in [0.29, 0.717) is 21.6 Å². The minimum atomic E-state index is 0.0375. The zero-order valence-electron chi connectivity index (χ0n) is 11.9. The van der Waals surface area contributed by atoms with Gasteiger partial charge in [-0.15, -0.1) is 0 Å². The minimum Gasteiger partial charge on any atom is -0.302 e. The summed E-state index contributed by atoms with van der Waals surface area (Å²) in [5.41, 5.74) is 1.43. The average molecular weight is 346 g/mol. The molecule has 6 nitrogen and oxygen atoms in total. The number of carbonyl (C=O) groups is 1. The number of hydrogen-bond acceptors (Lipinski definition) is 5. The molecule has 3 aromatic rings. The topological polar surface area (TPSA) is 83.0 Å². The van der Waals surface area contributed by atoms with Gasteiger partial charge in [-0.25, -0.2) is 9.98 Å². The van der Waals surface area contributed by atoms with Gasteiger partial charge in [-0.1, -0.05) is 41.1 Å². The van der Waals surface area contributed by atoms with Crippen LogP contribution in [0.25, 0.3) is 10.3 Å². The summed E-state index contributed by atoms with van der Waals surface area (Å²) >= 11 is 7.46. The van der Waals surface area contributed by atoms with E-state index in [9.17, 15) is 4.79 Å². The molecule has 1 amide bonds. The average Bonchev–Trinajstić information content (AvgIpc) is 3.22. The summed E-state index contributed by atoms with van der Waals surface area (Å²) in [5.74, 6) is 0.716. The number of thiazole rings is 1. The Bertz CT molecular complexity index is 912. The van der Waals surface area contributed by atoms with Crippen molar-refractivity contribution in [2.24, 2.45) is 10.9 Å². The van der Waals surface area contributed by atoms with E-state index >= 15 is 0 Å². The fourth-order valence-corrected chi connectivity index (χ4v) is 3.15. The van der Waals surface area contributed by atoms with Crippen LogP contribution in [0, 0.1) is 5.92 Å². The number of nitrogens with zero attached hydrogens (tertiary/aromatic N) is 3. The van der Waals surface area contributed by atoms with Gasteiger partial charge in [-0.3, -0.25) is 9.89 Å². The highest BCUT2D eigenvalue weighted by molar-refractivity contribution is 7.22. The van der Waals surface area contributed by atoms with Gasteiger partial charge in [0, 0.05) is 22.7 Å². The molecule has 1 fully saturated rings. The van der Waals surface area contributed by atoms with Gasteiger partial charge >= 0.3 is 0 Å². The Morgan fingerprint density at radius 2 is 2.26 bits per heavy atom. The highest BCUT2D eigenvalue weighted by Crippen LogP contribution is 2.34. The molecule has 0 unspecified atom stereocenters. The second kappa shape index (κ2) is 5.75. The Hall–Kier alpha value is -2.25. The Kier molecular flexibility index (Phi) is 3.59. The molecule has 23 heavy (non-hydrogen) atoms. The second-order valence-electron chi connectivity index (χ2n) is 5.29. The van der Waals surface area contributed by atoms with Crippen molar-refractivity contribution in [3.8, 4) is 0 Å². The third kappa shape index (κ3) is 2.97. The molecule has 2 N–H and O–H groups in total. The number of hydrogen-bond donors (Lipinski definition) is 2. The first-order chi connectivity index (χ1) is 11.2. The van der Waals surface area contributed by atoms with Crippen LogP contribution in [0.4, 0.5) is 10.9 Å². The van der Waals surface area contributed by atoms with Crippen LogP contribution >= 0.6 is 22.9 Å². The van der Waals surface area contributed by atoms with Crippen LogP contribution in [-0.4, -0.2) is 27.3 Å². The van der Waals surface area contributed by atoms with Gasteiger partial charge in [0.25, 0.3) is 0 Å². The SMILES string of the molecule is O=C(Nc1nc2[nH]nc(N=Cc3ccccc3Cl)c2s1)C1CC1. The molecule has 116 valence electrons. The molecule has 0 atom stereocenters. The number of fused-ring (bicyclic) bond motifs is 1. The van der Waals surface area contributed by atoms with Gasteiger partial charge in [-0.2, -0.15) is 5.10 Å². The van der Waals surface area contributed by atoms with E-state index in [2.05, 4.69) is 25.5 Å². The van der Waals surface area contributed by atoms with Crippen molar-refractivity contribution in [2.45, 2.75) is 12.8 Å². The van der Waals surface area contributed by atoms with Crippen LogP contribution in [0.1, 0.15) is 18.4 Å². The number of aromatic amines is 1. The summed E-state index contributed by atoms with van der Waals surface area (Å²) in [4.78, 5) is 20.5. The number of rotatable bonds is 4. The number of H-pyrrole nitrogens is 1. The number of benzene rings is 1. The first kappa shape index (κ1) is 14.3. The first-order valence-electron chi connectivity index (χ1n) is 7.15. The number of aromatic nitrogens is 3. The van der Waals surface area contributed by atoms with Gasteiger partial charge in [0.15, 0.2) is 16.6 Å². The zero-order chi connectivity index (χ0) is 15.8. The van der Waals surface area contributed by atoms with E-state index < -0.39 is 0 Å². The van der Waals surface area contributed by atoms with Gasteiger partial charge in [0.05, 0.1) is 0 Å². The monoisotopic (exact) mass is 345 g/mol. The molecular formula is C15H12ClN5OS. The molecule has 2 heterocycles. The smallest absolute Gasteiger partial charge is 0.229 e. The Balaban J connectivity index is 1.59. The summed E-state index contributed by atoms with van der Waals surface area (Å²) in [6.07, 6.45) is 3.59. The van der Waals surface area contributed by atoms with Crippen molar-refractivity contribution in [1.29, 1.82) is 0 Å². The highest BCUT2D eigenvalue weighted by Gasteiger charge is 2.30. The van der Waals surface area contributed by atoms with Crippen LogP contribution in [0.2, 0.25) is 5.02 Å². The van der Waals surface area contributed by atoms with Crippen LogP contribution < -0.4 is 5.32 Å². The van der Waals surface area contributed by atoms with Gasteiger partial charge in [0.2, 0.25) is 5.91 Å². The Labute approximate surface area is 140 Å².